The summed E-state index contributed by atoms with van der Waals surface area (Å²) in [6, 6.07) is 6.80. The number of benzene rings is 1. The van der Waals surface area contributed by atoms with Crippen molar-refractivity contribution in [3.8, 4) is 0 Å². The van der Waals surface area contributed by atoms with Crippen LogP contribution in [0.3, 0.4) is 0 Å². The molecule has 114 valence electrons. The fourth-order valence-electron chi connectivity index (χ4n) is 2.41. The number of aliphatic carboxylic acids is 1. The van der Waals surface area contributed by atoms with Crippen molar-refractivity contribution in [2.24, 2.45) is 0 Å². The van der Waals surface area contributed by atoms with Crippen LogP contribution in [0.1, 0.15) is 17.5 Å². The Balaban J connectivity index is 1.96. The second-order valence-corrected chi connectivity index (χ2v) is 6.07. The van der Waals surface area contributed by atoms with E-state index in [1.54, 1.807) is 11.8 Å². The molecule has 0 aliphatic carbocycles. The summed E-state index contributed by atoms with van der Waals surface area (Å²) in [5, 5.41) is 15.0. The molecule has 0 spiro atoms. The summed E-state index contributed by atoms with van der Waals surface area (Å²) in [6.07, 6.45) is 2.95. The van der Waals surface area contributed by atoms with Crippen molar-refractivity contribution in [1.29, 1.82) is 0 Å². The van der Waals surface area contributed by atoms with Crippen LogP contribution in [-0.2, 0) is 22.6 Å². The summed E-state index contributed by atoms with van der Waals surface area (Å²) in [7, 11) is 0. The van der Waals surface area contributed by atoms with E-state index in [0.717, 1.165) is 5.56 Å². The van der Waals surface area contributed by atoms with Gasteiger partial charge in [0.15, 0.2) is 0 Å². The first-order valence-corrected chi connectivity index (χ1v) is 8.33. The number of carbonyl (C=O) groups excluding carboxylic acids is 1. The Morgan fingerprint density at radius 3 is 2.81 bits per heavy atom. The molecule has 0 fully saturated rings. The van der Waals surface area contributed by atoms with Gasteiger partial charge in [0.05, 0.1) is 6.04 Å². The maximum Gasteiger partial charge on any atom is 0.326 e. The molecular formula is C15H20N2O3S. The van der Waals surface area contributed by atoms with E-state index < -0.39 is 12.0 Å². The summed E-state index contributed by atoms with van der Waals surface area (Å²) in [5.74, 6) is -0.510. The number of thioether (sulfide) groups is 1. The van der Waals surface area contributed by atoms with Gasteiger partial charge in [0.25, 0.3) is 0 Å². The second kappa shape index (κ2) is 7.47. The fourth-order valence-corrected chi connectivity index (χ4v) is 2.88. The lowest BCUT2D eigenvalue weighted by Crippen LogP contribution is -2.52. The van der Waals surface area contributed by atoms with Crippen LogP contribution in [0.25, 0.3) is 0 Å². The van der Waals surface area contributed by atoms with E-state index >= 15 is 0 Å². The lowest BCUT2D eigenvalue weighted by Gasteiger charge is -2.26. The number of carbonyl (C=O) groups is 2. The van der Waals surface area contributed by atoms with Crippen molar-refractivity contribution >= 4 is 23.6 Å². The molecule has 2 atom stereocenters. The van der Waals surface area contributed by atoms with Gasteiger partial charge in [-0.3, -0.25) is 4.79 Å². The highest BCUT2D eigenvalue weighted by atomic mass is 32.2. The van der Waals surface area contributed by atoms with Gasteiger partial charge in [-0.25, -0.2) is 4.79 Å². The lowest BCUT2D eigenvalue weighted by atomic mass is 9.95. The van der Waals surface area contributed by atoms with Crippen LogP contribution < -0.4 is 10.6 Å². The first-order chi connectivity index (χ1) is 10.1. The molecule has 1 aromatic carbocycles. The molecule has 1 aliphatic heterocycles. The standard InChI is InChI=1S/C15H20N2O3S/c1-21-7-6-12(15(19)20)17-14(18)13-8-10-4-2-3-5-11(10)9-16-13/h2-5,12-13,16H,6-9H2,1H3,(H,17,18)(H,19,20)/t12-,13?/m1/s1. The Kier molecular flexibility index (Phi) is 5.64. The minimum absolute atomic E-state index is 0.238. The van der Waals surface area contributed by atoms with Crippen molar-refractivity contribution in [1.82, 2.24) is 10.6 Å². The van der Waals surface area contributed by atoms with Crippen LogP contribution in [0.15, 0.2) is 24.3 Å². The van der Waals surface area contributed by atoms with Crippen molar-refractivity contribution in [3.05, 3.63) is 35.4 Å². The maximum atomic E-state index is 12.2. The first kappa shape index (κ1) is 15.9. The van der Waals surface area contributed by atoms with Gasteiger partial charge in [0, 0.05) is 6.54 Å². The van der Waals surface area contributed by atoms with Gasteiger partial charge in [-0.15, -0.1) is 0 Å². The predicted molar refractivity (Wildman–Crippen MR) is 83.3 cm³/mol. The number of carboxylic acids is 1. The van der Waals surface area contributed by atoms with Crippen LogP contribution in [0.2, 0.25) is 0 Å². The minimum Gasteiger partial charge on any atom is -0.480 e. The SMILES string of the molecule is CSCC[C@@H](NC(=O)C1Cc2ccccc2CN1)C(=O)O. The average Bonchev–Trinajstić information content (AvgIpc) is 2.50. The van der Waals surface area contributed by atoms with Gasteiger partial charge >= 0.3 is 5.97 Å². The lowest BCUT2D eigenvalue weighted by molar-refractivity contribution is -0.142. The number of hydrogen-bond donors (Lipinski definition) is 3. The number of fused-ring (bicyclic) bond motifs is 1. The maximum absolute atomic E-state index is 12.2. The van der Waals surface area contributed by atoms with Crippen LogP contribution in [-0.4, -0.2) is 41.1 Å². The monoisotopic (exact) mass is 308 g/mol. The van der Waals surface area contributed by atoms with E-state index in [1.807, 2.05) is 30.5 Å². The van der Waals surface area contributed by atoms with Crippen LogP contribution in [0.5, 0.6) is 0 Å². The van der Waals surface area contributed by atoms with Gasteiger partial charge < -0.3 is 15.7 Å². The molecule has 1 aromatic rings. The first-order valence-electron chi connectivity index (χ1n) is 6.94. The second-order valence-electron chi connectivity index (χ2n) is 5.09. The van der Waals surface area contributed by atoms with E-state index in [9.17, 15) is 9.59 Å². The number of carboxylic acid groups (broad SMARTS) is 1. The van der Waals surface area contributed by atoms with E-state index in [0.29, 0.717) is 25.1 Å². The Bertz CT molecular complexity index is 521. The molecule has 0 bridgehead atoms. The molecule has 5 nitrogen and oxygen atoms in total. The molecule has 0 saturated carbocycles. The van der Waals surface area contributed by atoms with Crippen molar-refractivity contribution in [3.63, 3.8) is 0 Å². The summed E-state index contributed by atoms with van der Waals surface area (Å²) in [6.45, 7) is 0.636. The number of amides is 1. The molecule has 1 aliphatic rings. The molecule has 1 amide bonds. The van der Waals surface area contributed by atoms with Crippen LogP contribution in [0, 0.1) is 0 Å². The van der Waals surface area contributed by atoms with Crippen molar-refractivity contribution in [2.75, 3.05) is 12.0 Å². The van der Waals surface area contributed by atoms with Gasteiger partial charge in [-0.05, 0) is 36.0 Å². The van der Waals surface area contributed by atoms with Gasteiger partial charge in [-0.2, -0.15) is 11.8 Å². The fraction of sp³-hybridized carbons (Fsp3) is 0.467. The summed E-state index contributed by atoms with van der Waals surface area (Å²) in [5.41, 5.74) is 2.34. The van der Waals surface area contributed by atoms with E-state index in [1.165, 1.54) is 5.56 Å². The quantitative estimate of drug-likeness (QED) is 0.731. The Morgan fingerprint density at radius 1 is 1.43 bits per heavy atom. The van der Waals surface area contributed by atoms with Crippen LogP contribution >= 0.6 is 11.8 Å². The zero-order valence-electron chi connectivity index (χ0n) is 12.0. The minimum atomic E-state index is -0.978. The largest absolute Gasteiger partial charge is 0.480 e. The molecule has 6 heteroatoms. The van der Waals surface area contributed by atoms with E-state index in [-0.39, 0.29) is 11.9 Å². The Hall–Kier alpha value is -1.53. The molecule has 1 unspecified atom stereocenters. The summed E-state index contributed by atoms with van der Waals surface area (Å²) in [4.78, 5) is 23.4. The number of hydrogen-bond acceptors (Lipinski definition) is 4. The third-order valence-electron chi connectivity index (χ3n) is 3.62. The topological polar surface area (TPSA) is 78.4 Å². The van der Waals surface area contributed by atoms with Gasteiger partial charge in [0.1, 0.15) is 6.04 Å². The smallest absolute Gasteiger partial charge is 0.326 e. The number of nitrogens with one attached hydrogen (secondary N) is 2. The molecule has 3 N–H and O–H groups in total. The summed E-state index contributed by atoms with van der Waals surface area (Å²) < 4.78 is 0. The Morgan fingerprint density at radius 2 is 2.14 bits per heavy atom. The third kappa shape index (κ3) is 4.22. The Labute approximate surface area is 128 Å². The zero-order chi connectivity index (χ0) is 15.2. The summed E-state index contributed by atoms with van der Waals surface area (Å²) >= 11 is 1.57. The molecule has 21 heavy (non-hydrogen) atoms. The van der Waals surface area contributed by atoms with E-state index in [2.05, 4.69) is 10.6 Å². The molecule has 0 saturated heterocycles. The normalized spacial score (nSPS) is 18.6. The number of rotatable bonds is 6. The van der Waals surface area contributed by atoms with Crippen molar-refractivity contribution < 1.29 is 14.7 Å². The molecular weight excluding hydrogens is 288 g/mol. The zero-order valence-corrected chi connectivity index (χ0v) is 12.8. The van der Waals surface area contributed by atoms with Gasteiger partial charge in [0.2, 0.25) is 5.91 Å². The highest BCUT2D eigenvalue weighted by Gasteiger charge is 2.27. The molecule has 0 radical (unpaired) electrons. The van der Waals surface area contributed by atoms with Crippen LogP contribution in [0.4, 0.5) is 0 Å². The van der Waals surface area contributed by atoms with E-state index in [4.69, 9.17) is 5.11 Å². The molecule has 2 rings (SSSR count). The highest BCUT2D eigenvalue weighted by molar-refractivity contribution is 7.98. The van der Waals surface area contributed by atoms with Crippen molar-refractivity contribution in [2.45, 2.75) is 31.5 Å². The predicted octanol–water partition coefficient (Wildman–Crippen LogP) is 1.02. The molecule has 0 aromatic heterocycles. The van der Waals surface area contributed by atoms with Gasteiger partial charge in [-0.1, -0.05) is 24.3 Å². The molecule has 1 heterocycles. The third-order valence-corrected chi connectivity index (χ3v) is 4.27. The average molecular weight is 308 g/mol. The highest BCUT2D eigenvalue weighted by Crippen LogP contribution is 2.16.